The first kappa shape index (κ1) is 64.8. The van der Waals surface area contributed by atoms with Crippen molar-refractivity contribution in [1.82, 2.24) is 5.32 Å². The molecule has 2 heterocycles. The van der Waals surface area contributed by atoms with Gasteiger partial charge in [-0.05, 0) is 19.3 Å². The summed E-state index contributed by atoms with van der Waals surface area (Å²) < 4.78 is 22.7. The van der Waals surface area contributed by atoms with E-state index in [4.69, 9.17) is 18.9 Å². The Kier molecular flexibility index (Phi) is 39.9. The van der Waals surface area contributed by atoms with Gasteiger partial charge in [-0.1, -0.05) is 231 Å². The van der Waals surface area contributed by atoms with E-state index in [1.165, 1.54) is 180 Å². The van der Waals surface area contributed by atoms with Crippen LogP contribution < -0.4 is 5.32 Å². The molecule has 9 N–H and O–H groups in total. The van der Waals surface area contributed by atoms with E-state index in [-0.39, 0.29) is 18.9 Å². The molecular formula is C56H107NO13. The first-order valence-corrected chi connectivity index (χ1v) is 28.9. The Morgan fingerprint density at radius 1 is 0.500 bits per heavy atom. The molecule has 0 radical (unpaired) electrons. The molecule has 414 valence electrons. The Balaban J connectivity index is 1.76. The van der Waals surface area contributed by atoms with Crippen LogP contribution in [0, 0.1) is 0 Å². The summed E-state index contributed by atoms with van der Waals surface area (Å²) in [5.41, 5.74) is 0. The summed E-state index contributed by atoms with van der Waals surface area (Å²) in [7, 11) is 0. The van der Waals surface area contributed by atoms with Crippen molar-refractivity contribution in [3.05, 3.63) is 12.2 Å². The highest BCUT2D eigenvalue weighted by Crippen LogP contribution is 2.30. The van der Waals surface area contributed by atoms with Crippen LogP contribution >= 0.6 is 0 Å². The van der Waals surface area contributed by atoms with Crippen LogP contribution in [-0.2, 0) is 23.7 Å². The maximum atomic E-state index is 13.2. The van der Waals surface area contributed by atoms with Gasteiger partial charge in [-0.3, -0.25) is 4.79 Å². The molecule has 14 nitrogen and oxygen atoms in total. The molecule has 0 aromatic rings. The minimum Gasteiger partial charge on any atom is -0.394 e. The van der Waals surface area contributed by atoms with Crippen molar-refractivity contribution in [2.24, 2.45) is 0 Å². The van der Waals surface area contributed by atoms with E-state index >= 15 is 0 Å². The van der Waals surface area contributed by atoms with Gasteiger partial charge in [-0.15, -0.1) is 0 Å². The Bertz CT molecular complexity index is 1230. The van der Waals surface area contributed by atoms with E-state index in [0.717, 1.165) is 38.5 Å². The number of hydrogen-bond donors (Lipinski definition) is 9. The lowest BCUT2D eigenvalue weighted by Crippen LogP contribution is -2.65. The minimum atomic E-state index is -1.78. The van der Waals surface area contributed by atoms with Gasteiger partial charge < -0.3 is 65.1 Å². The molecule has 0 aliphatic carbocycles. The minimum absolute atomic E-state index is 0.235. The third-order valence-corrected chi connectivity index (χ3v) is 14.5. The van der Waals surface area contributed by atoms with Crippen molar-refractivity contribution < 1.29 is 64.6 Å². The van der Waals surface area contributed by atoms with Crippen molar-refractivity contribution in [2.45, 2.75) is 319 Å². The first-order chi connectivity index (χ1) is 34.1. The fourth-order valence-corrected chi connectivity index (χ4v) is 9.76. The topological polar surface area (TPSA) is 228 Å². The summed E-state index contributed by atoms with van der Waals surface area (Å²) in [6, 6.07) is -0.908. The predicted octanol–water partition coefficient (Wildman–Crippen LogP) is 9.11. The second-order valence-corrected chi connectivity index (χ2v) is 20.8. The maximum absolute atomic E-state index is 13.2. The zero-order chi connectivity index (χ0) is 51.0. The van der Waals surface area contributed by atoms with Gasteiger partial charge >= 0.3 is 0 Å². The maximum Gasteiger partial charge on any atom is 0.220 e. The molecule has 0 spiro atoms. The van der Waals surface area contributed by atoms with Crippen LogP contribution in [0.5, 0.6) is 0 Å². The largest absolute Gasteiger partial charge is 0.394 e. The van der Waals surface area contributed by atoms with E-state index in [1.807, 2.05) is 6.08 Å². The number of nitrogens with one attached hydrogen (secondary N) is 1. The van der Waals surface area contributed by atoms with E-state index in [0.29, 0.717) is 6.42 Å². The molecule has 4 unspecified atom stereocenters. The Hall–Kier alpha value is -1.27. The second-order valence-electron chi connectivity index (χ2n) is 20.8. The van der Waals surface area contributed by atoms with Gasteiger partial charge in [0.1, 0.15) is 48.8 Å². The van der Waals surface area contributed by atoms with Crippen molar-refractivity contribution in [3.8, 4) is 0 Å². The molecule has 2 fully saturated rings. The van der Waals surface area contributed by atoms with Gasteiger partial charge in [-0.25, -0.2) is 0 Å². The number of ether oxygens (including phenoxy) is 4. The third-order valence-electron chi connectivity index (χ3n) is 14.5. The standard InChI is InChI=1S/C56H107NO13/c1-3-5-7-9-11-13-15-17-19-20-21-22-23-24-25-26-28-30-32-34-36-38-40-48(61)57-44(45(60)39-37-35-33-31-29-27-18-16-14-12-10-8-6-4-2)43-67-55-53(66)51(64)54(47(42-59)69-55)70-56-52(65)50(63)49(62)46(41-58)68-56/h37,39,44-47,49-56,58-60,62-66H,3-36,38,40-43H2,1-2H3,(H,57,61)/b39-37+/t44-,45+,46+,47+,49-,50?,51?,52?,53?,54+,55+,56-/m0/s1. The lowest BCUT2D eigenvalue weighted by molar-refractivity contribution is -0.359. The molecule has 1 amide bonds. The fourth-order valence-electron chi connectivity index (χ4n) is 9.76. The smallest absolute Gasteiger partial charge is 0.220 e. The molecule has 0 saturated carbocycles. The Morgan fingerprint density at radius 3 is 1.31 bits per heavy atom. The van der Waals surface area contributed by atoms with Gasteiger partial charge in [0.25, 0.3) is 0 Å². The number of carbonyl (C=O) groups is 1. The van der Waals surface area contributed by atoms with Crippen LogP contribution in [0.4, 0.5) is 0 Å². The highest BCUT2D eigenvalue weighted by Gasteiger charge is 2.51. The number of rotatable bonds is 46. The third kappa shape index (κ3) is 29.0. The number of unbranched alkanes of at least 4 members (excludes halogenated alkanes) is 33. The SMILES string of the molecule is CCCCCCCCCCCCCC/C=C/[C@@H](O)[C@H](CO[C@@H]1O[C@H](CO)[C@@H](O[C@@H]2O[C@H](CO)[C@H](O)C(O)C2O)C(O)C1O)NC(=O)CCCCCCCCCCCCCCCCCCCCCCCC. The van der Waals surface area contributed by atoms with Gasteiger partial charge in [-0.2, -0.15) is 0 Å². The van der Waals surface area contributed by atoms with E-state index in [1.54, 1.807) is 6.08 Å². The van der Waals surface area contributed by atoms with E-state index < -0.39 is 86.8 Å². The summed E-state index contributed by atoms with van der Waals surface area (Å²) >= 11 is 0. The molecule has 0 aromatic heterocycles. The molecule has 2 rings (SSSR count). The van der Waals surface area contributed by atoms with Gasteiger partial charge in [0.05, 0.1) is 32.0 Å². The zero-order valence-electron chi connectivity index (χ0n) is 44.3. The average molecular weight is 1000 g/mol. The van der Waals surface area contributed by atoms with Crippen molar-refractivity contribution >= 4 is 5.91 Å². The summed E-state index contributed by atoms with van der Waals surface area (Å²) in [4.78, 5) is 13.2. The van der Waals surface area contributed by atoms with Gasteiger partial charge in [0.15, 0.2) is 12.6 Å². The van der Waals surface area contributed by atoms with Crippen LogP contribution in [0.2, 0.25) is 0 Å². The van der Waals surface area contributed by atoms with Crippen LogP contribution in [0.15, 0.2) is 12.2 Å². The second kappa shape index (κ2) is 43.0. The number of carbonyl (C=O) groups excluding carboxylic acids is 1. The van der Waals surface area contributed by atoms with Crippen LogP contribution in [-0.4, -0.2) is 140 Å². The average Bonchev–Trinajstić information content (AvgIpc) is 3.36. The number of hydrogen-bond acceptors (Lipinski definition) is 13. The molecule has 0 bridgehead atoms. The highest BCUT2D eigenvalue weighted by atomic mass is 16.7. The number of allylic oxidation sites excluding steroid dienone is 1. The molecule has 14 heteroatoms. The van der Waals surface area contributed by atoms with Gasteiger partial charge in [0, 0.05) is 6.42 Å². The highest BCUT2D eigenvalue weighted by molar-refractivity contribution is 5.76. The molecular weight excluding hydrogens is 895 g/mol. The Labute approximate surface area is 425 Å². The van der Waals surface area contributed by atoms with Crippen LogP contribution in [0.1, 0.15) is 245 Å². The normalized spacial score (nSPS) is 26.0. The molecule has 2 aliphatic heterocycles. The Morgan fingerprint density at radius 2 is 0.886 bits per heavy atom. The van der Waals surface area contributed by atoms with Gasteiger partial charge in [0.2, 0.25) is 5.91 Å². The summed E-state index contributed by atoms with van der Waals surface area (Å²) in [6.07, 6.45) is 31.1. The summed E-state index contributed by atoms with van der Waals surface area (Å²) in [6.45, 7) is 2.82. The summed E-state index contributed by atoms with van der Waals surface area (Å²) in [5.74, 6) is -0.235. The molecule has 2 saturated heterocycles. The molecule has 0 aromatic carbocycles. The van der Waals surface area contributed by atoms with Crippen molar-refractivity contribution in [2.75, 3.05) is 19.8 Å². The number of aliphatic hydroxyl groups is 8. The monoisotopic (exact) mass is 1000 g/mol. The van der Waals surface area contributed by atoms with Crippen LogP contribution in [0.3, 0.4) is 0 Å². The number of aliphatic hydroxyl groups excluding tert-OH is 8. The lowest BCUT2D eigenvalue weighted by Gasteiger charge is -2.46. The van der Waals surface area contributed by atoms with Crippen molar-refractivity contribution in [3.63, 3.8) is 0 Å². The van der Waals surface area contributed by atoms with Crippen molar-refractivity contribution in [1.29, 1.82) is 0 Å². The van der Waals surface area contributed by atoms with E-state index in [9.17, 15) is 45.6 Å². The van der Waals surface area contributed by atoms with E-state index in [2.05, 4.69) is 19.2 Å². The molecule has 12 atom stereocenters. The molecule has 2 aliphatic rings. The van der Waals surface area contributed by atoms with Crippen LogP contribution in [0.25, 0.3) is 0 Å². The number of amides is 1. The predicted molar refractivity (Wildman–Crippen MR) is 277 cm³/mol. The fraction of sp³-hybridized carbons (Fsp3) is 0.946. The zero-order valence-corrected chi connectivity index (χ0v) is 44.3. The summed E-state index contributed by atoms with van der Waals surface area (Å²) in [5, 5.41) is 86.9. The molecule has 70 heavy (non-hydrogen) atoms. The first-order valence-electron chi connectivity index (χ1n) is 28.9. The quantitative estimate of drug-likeness (QED) is 0.0205. The lowest BCUT2D eigenvalue weighted by atomic mass is 9.97.